The van der Waals surface area contributed by atoms with Crippen LogP contribution in [-0.2, 0) is 14.8 Å². The molecule has 2 aromatic carbocycles. The minimum absolute atomic E-state index is 0.208. The molecule has 0 saturated carbocycles. The fourth-order valence-corrected chi connectivity index (χ4v) is 5.00. The topological polar surface area (TPSA) is 83.9 Å². The summed E-state index contributed by atoms with van der Waals surface area (Å²) in [7, 11) is -3.59. The van der Waals surface area contributed by atoms with Gasteiger partial charge in [-0.1, -0.05) is 24.1 Å². The first-order valence-electron chi connectivity index (χ1n) is 9.04. The smallest absolute Gasteiger partial charge is 0.341 e. The van der Waals surface area contributed by atoms with Crippen LogP contribution in [-0.4, -0.2) is 43.5 Å². The molecule has 1 aliphatic rings. The van der Waals surface area contributed by atoms with Crippen molar-refractivity contribution in [1.29, 1.82) is 0 Å². The highest BCUT2D eigenvalue weighted by atomic mass is 35.5. The second-order valence-electron chi connectivity index (χ2n) is 6.76. The van der Waals surface area contributed by atoms with Gasteiger partial charge in [0.2, 0.25) is 10.0 Å². The number of hydrogen-bond donors (Lipinski definition) is 1. The van der Waals surface area contributed by atoms with Crippen molar-refractivity contribution in [2.45, 2.75) is 31.1 Å². The summed E-state index contributed by atoms with van der Waals surface area (Å²) in [6, 6.07) is 9.80. The lowest BCUT2D eigenvalue weighted by Gasteiger charge is -2.26. The predicted octanol–water partition coefficient (Wildman–Crippen LogP) is 3.95. The number of nitrogens with zero attached hydrogens (tertiary/aromatic N) is 1. The van der Waals surface area contributed by atoms with Gasteiger partial charge in [0.05, 0.1) is 4.90 Å². The first kappa shape index (κ1) is 20.6. The summed E-state index contributed by atoms with van der Waals surface area (Å²) < 4.78 is 33.0. The number of carboxylic acid groups (broad SMARTS) is 1. The molecule has 1 heterocycles. The monoisotopic (exact) mass is 423 g/mol. The number of ether oxygens (including phenoxy) is 1. The zero-order valence-electron chi connectivity index (χ0n) is 15.5. The molecule has 1 saturated heterocycles. The van der Waals surface area contributed by atoms with Gasteiger partial charge in [0.15, 0.2) is 6.61 Å². The van der Waals surface area contributed by atoms with Gasteiger partial charge >= 0.3 is 5.97 Å². The molecule has 0 amide bonds. The van der Waals surface area contributed by atoms with Crippen LogP contribution in [0.25, 0.3) is 11.1 Å². The molecule has 0 spiro atoms. The zero-order valence-corrected chi connectivity index (χ0v) is 17.1. The number of piperidine rings is 1. The van der Waals surface area contributed by atoms with Crippen LogP contribution in [0, 0.1) is 6.92 Å². The van der Waals surface area contributed by atoms with E-state index < -0.39 is 22.6 Å². The maximum Gasteiger partial charge on any atom is 0.341 e. The van der Waals surface area contributed by atoms with E-state index in [1.54, 1.807) is 36.4 Å². The third kappa shape index (κ3) is 4.48. The van der Waals surface area contributed by atoms with E-state index in [0.29, 0.717) is 35.0 Å². The molecule has 0 bridgehead atoms. The largest absolute Gasteiger partial charge is 0.481 e. The van der Waals surface area contributed by atoms with Crippen LogP contribution in [0.5, 0.6) is 5.75 Å². The van der Waals surface area contributed by atoms with Crippen molar-refractivity contribution in [3.8, 4) is 16.9 Å². The van der Waals surface area contributed by atoms with Gasteiger partial charge in [-0.25, -0.2) is 13.2 Å². The van der Waals surface area contributed by atoms with Crippen molar-refractivity contribution in [3.05, 3.63) is 47.0 Å². The van der Waals surface area contributed by atoms with Gasteiger partial charge in [-0.2, -0.15) is 4.31 Å². The highest BCUT2D eigenvalue weighted by Crippen LogP contribution is 2.36. The number of halogens is 1. The van der Waals surface area contributed by atoms with Gasteiger partial charge in [-0.3, -0.25) is 0 Å². The van der Waals surface area contributed by atoms with Crippen molar-refractivity contribution in [3.63, 3.8) is 0 Å². The number of carbonyl (C=O) groups is 1. The average Bonchev–Trinajstić information content (AvgIpc) is 2.68. The molecule has 0 unspecified atom stereocenters. The summed E-state index contributed by atoms with van der Waals surface area (Å²) in [5, 5.41) is 9.35. The molecule has 0 aliphatic carbocycles. The summed E-state index contributed by atoms with van der Waals surface area (Å²) in [6.07, 6.45) is 2.76. The first-order valence-corrected chi connectivity index (χ1v) is 10.9. The minimum Gasteiger partial charge on any atom is -0.481 e. The highest BCUT2D eigenvalue weighted by molar-refractivity contribution is 7.89. The van der Waals surface area contributed by atoms with Crippen LogP contribution in [0.2, 0.25) is 5.02 Å². The molecule has 28 heavy (non-hydrogen) atoms. The van der Waals surface area contributed by atoms with Crippen molar-refractivity contribution >= 4 is 27.6 Å². The Bertz CT molecular complexity index is 984. The van der Waals surface area contributed by atoms with Gasteiger partial charge in [-0.05, 0) is 61.2 Å². The number of aliphatic carboxylic acids is 1. The maximum absolute atomic E-state index is 13.0. The first-order chi connectivity index (χ1) is 13.3. The van der Waals surface area contributed by atoms with E-state index in [1.165, 1.54) is 4.31 Å². The second-order valence-corrected chi connectivity index (χ2v) is 9.14. The molecule has 150 valence electrons. The summed E-state index contributed by atoms with van der Waals surface area (Å²) in [5.41, 5.74) is 2.03. The SMILES string of the molecule is Cc1ccc(S(=O)(=O)N2CCCCC2)cc1-c1cc(Cl)ccc1OCC(=O)O. The second kappa shape index (κ2) is 8.51. The Morgan fingerprint density at radius 2 is 1.82 bits per heavy atom. The van der Waals surface area contributed by atoms with E-state index in [-0.39, 0.29) is 4.90 Å². The third-order valence-corrected chi connectivity index (χ3v) is 6.87. The molecule has 0 atom stereocenters. The Balaban J connectivity index is 2.05. The summed E-state index contributed by atoms with van der Waals surface area (Å²) in [6.45, 7) is 2.40. The van der Waals surface area contributed by atoms with Crippen LogP contribution < -0.4 is 4.74 Å². The summed E-state index contributed by atoms with van der Waals surface area (Å²) >= 11 is 6.13. The Labute approximate surface area is 169 Å². The van der Waals surface area contributed by atoms with Crippen molar-refractivity contribution < 1.29 is 23.1 Å². The number of carboxylic acids is 1. The lowest BCUT2D eigenvalue weighted by atomic mass is 10.00. The third-order valence-electron chi connectivity index (χ3n) is 4.74. The van der Waals surface area contributed by atoms with Gasteiger partial charge in [0.25, 0.3) is 0 Å². The predicted molar refractivity (Wildman–Crippen MR) is 107 cm³/mol. The molecule has 1 fully saturated rings. The Morgan fingerprint density at radius 1 is 1.11 bits per heavy atom. The maximum atomic E-state index is 13.0. The quantitative estimate of drug-likeness (QED) is 0.760. The number of hydrogen-bond acceptors (Lipinski definition) is 4. The van der Waals surface area contributed by atoms with Gasteiger partial charge in [0.1, 0.15) is 5.75 Å². The molecular formula is C20H22ClNO5S. The van der Waals surface area contributed by atoms with Crippen molar-refractivity contribution in [2.24, 2.45) is 0 Å². The number of aryl methyl sites for hydroxylation is 1. The lowest BCUT2D eigenvalue weighted by Crippen LogP contribution is -2.35. The number of sulfonamides is 1. The van der Waals surface area contributed by atoms with Crippen molar-refractivity contribution in [2.75, 3.05) is 19.7 Å². The van der Waals surface area contributed by atoms with Gasteiger partial charge < -0.3 is 9.84 Å². The molecule has 8 heteroatoms. The van der Waals surface area contributed by atoms with Gasteiger partial charge in [-0.15, -0.1) is 0 Å². The normalized spacial score (nSPS) is 15.4. The van der Waals surface area contributed by atoms with E-state index in [0.717, 1.165) is 24.8 Å². The number of benzene rings is 2. The van der Waals surface area contributed by atoms with E-state index in [1.807, 2.05) is 6.92 Å². The summed E-state index contributed by atoms with van der Waals surface area (Å²) in [5.74, 6) is -0.763. The van der Waals surface area contributed by atoms with E-state index in [2.05, 4.69) is 0 Å². The average molecular weight is 424 g/mol. The molecular weight excluding hydrogens is 402 g/mol. The molecule has 0 aromatic heterocycles. The Hall–Kier alpha value is -2.09. The van der Waals surface area contributed by atoms with E-state index in [9.17, 15) is 13.2 Å². The number of rotatable bonds is 6. The molecule has 0 radical (unpaired) electrons. The molecule has 2 aromatic rings. The van der Waals surface area contributed by atoms with Crippen molar-refractivity contribution in [1.82, 2.24) is 4.31 Å². The van der Waals surface area contributed by atoms with Gasteiger partial charge in [0, 0.05) is 23.7 Å². The highest BCUT2D eigenvalue weighted by Gasteiger charge is 2.26. The van der Waals surface area contributed by atoms with Crippen LogP contribution in [0.15, 0.2) is 41.3 Å². The Kier molecular flexibility index (Phi) is 6.27. The van der Waals surface area contributed by atoms with Crippen LogP contribution in [0.4, 0.5) is 0 Å². The summed E-state index contributed by atoms with van der Waals surface area (Å²) in [4.78, 5) is 11.1. The Morgan fingerprint density at radius 3 is 2.50 bits per heavy atom. The zero-order chi connectivity index (χ0) is 20.3. The van der Waals surface area contributed by atoms with Crippen LogP contribution in [0.3, 0.4) is 0 Å². The molecule has 1 aliphatic heterocycles. The molecule has 3 rings (SSSR count). The fraction of sp³-hybridized carbons (Fsp3) is 0.350. The molecule has 1 N–H and O–H groups in total. The van der Waals surface area contributed by atoms with Crippen LogP contribution in [0.1, 0.15) is 24.8 Å². The van der Waals surface area contributed by atoms with Crippen LogP contribution >= 0.6 is 11.6 Å². The minimum atomic E-state index is -3.59. The standard InChI is InChI=1S/C20H22ClNO5S/c1-14-5-7-16(28(25,26)22-9-3-2-4-10-22)12-17(14)18-11-15(21)6-8-19(18)27-13-20(23)24/h5-8,11-12H,2-4,9-10,13H2,1H3,(H,23,24). The lowest BCUT2D eigenvalue weighted by molar-refractivity contribution is -0.139. The van der Waals surface area contributed by atoms with E-state index in [4.69, 9.17) is 21.4 Å². The van der Waals surface area contributed by atoms with E-state index >= 15 is 0 Å². The molecule has 6 nitrogen and oxygen atoms in total. The fourth-order valence-electron chi connectivity index (χ4n) is 3.28.